The minimum absolute atomic E-state index is 0.00254. The van der Waals surface area contributed by atoms with Gasteiger partial charge in [-0.25, -0.2) is 9.67 Å². The maximum Gasteiger partial charge on any atom is 0.437 e. The summed E-state index contributed by atoms with van der Waals surface area (Å²) in [5.74, 6) is -1.40. The SMILES string of the molecule is Cc1cc(Cl)cc(C(=O)NC2CC2)c1NC(=O)c1cc(Cn2nc(C(F)(F)F)c(C(F)(F)F)n2)nn1-c1ncccc1Cl. The standard InChI is InChI=1S/C25H18Cl2F6N8O2/c1-11-7-12(26)8-15(22(42)35-13-4-5-13)18(11)36-23(43)17-9-14(37-41(17)21-16(27)3-2-6-34-21)10-40-38-19(24(28,29)30)20(39-40)25(31,32)33/h2-3,6-9,13H,4-5,10H2,1H3,(H,35,42)(H,36,43). The van der Waals surface area contributed by atoms with Gasteiger partial charge in [0.15, 0.2) is 17.2 Å². The van der Waals surface area contributed by atoms with E-state index in [0.29, 0.717) is 5.56 Å². The molecule has 1 fully saturated rings. The average molecular weight is 647 g/mol. The minimum Gasteiger partial charge on any atom is -0.349 e. The Morgan fingerprint density at radius 3 is 2.21 bits per heavy atom. The predicted molar refractivity (Wildman–Crippen MR) is 140 cm³/mol. The lowest BCUT2D eigenvalue weighted by Crippen LogP contribution is -2.27. The van der Waals surface area contributed by atoms with E-state index in [2.05, 4.69) is 30.9 Å². The first-order chi connectivity index (χ1) is 20.1. The molecule has 0 radical (unpaired) electrons. The van der Waals surface area contributed by atoms with E-state index in [1.54, 1.807) is 6.92 Å². The van der Waals surface area contributed by atoms with Gasteiger partial charge in [0.2, 0.25) is 0 Å². The summed E-state index contributed by atoms with van der Waals surface area (Å²) in [5, 5.41) is 15.8. The molecule has 0 bridgehead atoms. The second kappa shape index (κ2) is 11.1. The Bertz CT molecular complexity index is 1700. The maximum absolute atomic E-state index is 13.6. The lowest BCUT2D eigenvalue weighted by molar-refractivity contribution is -0.165. The van der Waals surface area contributed by atoms with Crippen molar-refractivity contribution in [2.75, 3.05) is 5.32 Å². The van der Waals surface area contributed by atoms with Gasteiger partial charge in [-0.3, -0.25) is 9.59 Å². The highest BCUT2D eigenvalue weighted by Gasteiger charge is 2.48. The summed E-state index contributed by atoms with van der Waals surface area (Å²) >= 11 is 12.4. The van der Waals surface area contributed by atoms with Crippen LogP contribution in [0.5, 0.6) is 0 Å². The van der Waals surface area contributed by atoms with Crippen molar-refractivity contribution >= 4 is 40.7 Å². The fourth-order valence-corrected chi connectivity index (χ4v) is 4.54. The van der Waals surface area contributed by atoms with Gasteiger partial charge in [-0.15, -0.1) is 10.2 Å². The Labute approximate surface area is 248 Å². The first-order valence-corrected chi connectivity index (χ1v) is 13.1. The quantitative estimate of drug-likeness (QED) is 0.249. The van der Waals surface area contributed by atoms with Crippen molar-refractivity contribution in [3.63, 3.8) is 0 Å². The second-order valence-corrected chi connectivity index (χ2v) is 10.4. The molecule has 5 rings (SSSR count). The Hall–Kier alpha value is -4.18. The summed E-state index contributed by atoms with van der Waals surface area (Å²) in [6.45, 7) is 0.819. The molecule has 1 aromatic carbocycles. The van der Waals surface area contributed by atoms with E-state index in [1.165, 1.54) is 30.5 Å². The van der Waals surface area contributed by atoms with Crippen LogP contribution in [0.25, 0.3) is 5.82 Å². The highest BCUT2D eigenvalue weighted by molar-refractivity contribution is 6.32. The van der Waals surface area contributed by atoms with E-state index >= 15 is 0 Å². The Morgan fingerprint density at radius 2 is 1.63 bits per heavy atom. The van der Waals surface area contributed by atoms with E-state index in [4.69, 9.17) is 23.2 Å². The normalized spacial score (nSPS) is 13.7. The van der Waals surface area contributed by atoms with Crippen LogP contribution >= 0.6 is 23.2 Å². The molecule has 2 N–H and O–H groups in total. The van der Waals surface area contributed by atoms with Crippen LogP contribution in [0.15, 0.2) is 36.5 Å². The molecule has 4 aromatic rings. The summed E-state index contributed by atoms with van der Waals surface area (Å²) in [6.07, 6.45) is -7.93. The molecule has 3 aromatic heterocycles. The number of amides is 2. The molecule has 226 valence electrons. The summed E-state index contributed by atoms with van der Waals surface area (Å²) < 4.78 is 80.5. The van der Waals surface area contributed by atoms with Crippen LogP contribution in [0.4, 0.5) is 32.0 Å². The van der Waals surface area contributed by atoms with Gasteiger partial charge >= 0.3 is 12.4 Å². The first-order valence-electron chi connectivity index (χ1n) is 12.3. The van der Waals surface area contributed by atoms with Crippen LogP contribution < -0.4 is 10.6 Å². The van der Waals surface area contributed by atoms with Gasteiger partial charge in [0.05, 0.1) is 22.0 Å². The van der Waals surface area contributed by atoms with Gasteiger partial charge in [0.25, 0.3) is 11.8 Å². The molecular weight excluding hydrogens is 629 g/mol. The van der Waals surface area contributed by atoms with Gasteiger partial charge in [0.1, 0.15) is 12.2 Å². The fraction of sp³-hybridized carbons (Fsp3) is 0.280. The molecule has 1 aliphatic carbocycles. The second-order valence-electron chi connectivity index (χ2n) is 9.51. The molecule has 0 aliphatic heterocycles. The number of benzene rings is 1. The smallest absolute Gasteiger partial charge is 0.349 e. The molecule has 10 nitrogen and oxygen atoms in total. The molecular formula is C25H18Cl2F6N8O2. The number of carbonyl (C=O) groups is 2. The van der Waals surface area contributed by atoms with Gasteiger partial charge in [0, 0.05) is 17.3 Å². The largest absolute Gasteiger partial charge is 0.437 e. The Balaban J connectivity index is 1.54. The van der Waals surface area contributed by atoms with Gasteiger partial charge in [-0.2, -0.15) is 36.2 Å². The van der Waals surface area contributed by atoms with Crippen LogP contribution in [0.3, 0.4) is 0 Å². The van der Waals surface area contributed by atoms with Crippen LogP contribution in [-0.2, 0) is 18.9 Å². The maximum atomic E-state index is 13.6. The number of anilines is 1. The van der Waals surface area contributed by atoms with E-state index in [0.717, 1.165) is 23.6 Å². The summed E-state index contributed by atoms with van der Waals surface area (Å²) in [7, 11) is 0. The fourth-order valence-electron chi connectivity index (χ4n) is 4.07. The van der Waals surface area contributed by atoms with Crippen molar-refractivity contribution in [2.45, 2.75) is 44.7 Å². The van der Waals surface area contributed by atoms with E-state index in [9.17, 15) is 35.9 Å². The summed E-state index contributed by atoms with van der Waals surface area (Å²) in [5.41, 5.74) is -4.29. The summed E-state index contributed by atoms with van der Waals surface area (Å²) in [4.78, 5) is 30.8. The van der Waals surface area contributed by atoms with Crippen LogP contribution in [0.1, 0.15) is 56.3 Å². The number of aryl methyl sites for hydroxylation is 1. The molecule has 0 saturated heterocycles. The zero-order chi connectivity index (χ0) is 31.3. The first kappa shape index (κ1) is 30.3. The average Bonchev–Trinajstić information content (AvgIpc) is 3.43. The minimum atomic E-state index is -5.44. The number of pyridine rings is 1. The zero-order valence-electron chi connectivity index (χ0n) is 21.7. The van der Waals surface area contributed by atoms with Crippen molar-refractivity contribution in [3.05, 3.63) is 80.5 Å². The molecule has 1 saturated carbocycles. The Morgan fingerprint density at radius 1 is 0.977 bits per heavy atom. The number of alkyl halides is 6. The number of nitrogens with zero attached hydrogens (tertiary/aromatic N) is 6. The van der Waals surface area contributed by atoms with Crippen molar-refractivity contribution in [1.82, 2.24) is 35.1 Å². The summed E-state index contributed by atoms with van der Waals surface area (Å²) in [6, 6.07) is 6.90. The highest BCUT2D eigenvalue weighted by atomic mass is 35.5. The van der Waals surface area contributed by atoms with Crippen LogP contribution in [0.2, 0.25) is 10.0 Å². The molecule has 18 heteroatoms. The van der Waals surface area contributed by atoms with Crippen molar-refractivity contribution in [3.8, 4) is 5.82 Å². The zero-order valence-corrected chi connectivity index (χ0v) is 23.2. The molecule has 0 spiro atoms. The highest BCUT2D eigenvalue weighted by Crippen LogP contribution is 2.38. The third-order valence-corrected chi connectivity index (χ3v) is 6.64. The number of hydrogen-bond acceptors (Lipinski definition) is 6. The lowest BCUT2D eigenvalue weighted by atomic mass is 10.1. The van der Waals surface area contributed by atoms with Gasteiger partial charge in [-0.05, 0) is 55.7 Å². The topological polar surface area (TPSA) is 120 Å². The van der Waals surface area contributed by atoms with Crippen molar-refractivity contribution < 1.29 is 35.9 Å². The number of hydrogen-bond donors (Lipinski definition) is 2. The molecule has 1 aliphatic rings. The van der Waals surface area contributed by atoms with E-state index < -0.39 is 42.1 Å². The lowest BCUT2D eigenvalue weighted by Gasteiger charge is -2.15. The number of rotatable bonds is 7. The van der Waals surface area contributed by atoms with Crippen LogP contribution in [-0.4, -0.2) is 47.6 Å². The molecule has 2 amide bonds. The van der Waals surface area contributed by atoms with Crippen molar-refractivity contribution in [2.24, 2.45) is 0 Å². The van der Waals surface area contributed by atoms with Crippen molar-refractivity contribution in [1.29, 1.82) is 0 Å². The molecule has 0 atom stereocenters. The third kappa shape index (κ3) is 6.59. The van der Waals surface area contributed by atoms with Gasteiger partial charge in [-0.1, -0.05) is 23.2 Å². The van der Waals surface area contributed by atoms with Gasteiger partial charge < -0.3 is 10.6 Å². The third-order valence-electron chi connectivity index (χ3n) is 6.12. The van der Waals surface area contributed by atoms with E-state index in [1.807, 2.05) is 0 Å². The molecule has 43 heavy (non-hydrogen) atoms. The molecule has 3 heterocycles. The number of carbonyl (C=O) groups excluding carboxylic acids is 2. The molecule has 0 unspecified atom stereocenters. The predicted octanol–water partition coefficient (Wildman–Crippen LogP) is 5.70. The number of nitrogens with one attached hydrogen (secondary N) is 2. The number of halogens is 8. The monoisotopic (exact) mass is 646 g/mol. The number of aromatic nitrogens is 6. The van der Waals surface area contributed by atoms with Crippen LogP contribution in [0, 0.1) is 6.92 Å². The van der Waals surface area contributed by atoms with E-state index in [-0.39, 0.29) is 49.3 Å². The Kier molecular flexibility index (Phi) is 7.85.